The van der Waals surface area contributed by atoms with Gasteiger partial charge in [0.05, 0.1) is 18.3 Å². The van der Waals surface area contributed by atoms with Crippen LogP contribution < -0.4 is 10.5 Å². The highest BCUT2D eigenvalue weighted by molar-refractivity contribution is 9.10. The van der Waals surface area contributed by atoms with E-state index in [0.717, 1.165) is 0 Å². The molecule has 0 spiro atoms. The first-order chi connectivity index (χ1) is 7.60. The topological polar surface area (TPSA) is 72.8 Å². The second kappa shape index (κ2) is 5.66. The van der Waals surface area contributed by atoms with Crippen LogP contribution in [0.2, 0.25) is 0 Å². The van der Waals surface area contributed by atoms with Gasteiger partial charge < -0.3 is 9.88 Å². The summed E-state index contributed by atoms with van der Waals surface area (Å²) in [6.45, 7) is 5.05. The van der Waals surface area contributed by atoms with Crippen molar-refractivity contribution in [3.63, 3.8) is 0 Å². The molecule has 1 aromatic rings. The van der Waals surface area contributed by atoms with Crippen molar-refractivity contribution in [2.45, 2.75) is 13.8 Å². The summed E-state index contributed by atoms with van der Waals surface area (Å²) in [5.74, 6) is 0.473. The Morgan fingerprint density at radius 3 is 3.00 bits per heavy atom. The molecule has 1 N–H and O–H groups in total. The zero-order chi connectivity index (χ0) is 12.1. The van der Waals surface area contributed by atoms with Crippen molar-refractivity contribution in [3.05, 3.63) is 21.2 Å². The predicted molar refractivity (Wildman–Crippen MR) is 65.2 cm³/mol. The van der Waals surface area contributed by atoms with Crippen molar-refractivity contribution in [1.29, 1.82) is 5.26 Å². The smallest absolute Gasteiger partial charge is 0.267 e. The number of halogens is 1. The van der Waals surface area contributed by atoms with Crippen LogP contribution in [0.25, 0.3) is 0 Å². The first kappa shape index (κ1) is 12.7. The fourth-order valence-corrected chi connectivity index (χ4v) is 1.80. The lowest BCUT2D eigenvalue weighted by Crippen LogP contribution is -2.30. The average Bonchev–Trinajstić information content (AvgIpc) is 2.29. The van der Waals surface area contributed by atoms with Gasteiger partial charge in [0, 0.05) is 13.1 Å². The highest BCUT2D eigenvalue weighted by atomic mass is 79.9. The van der Waals surface area contributed by atoms with Crippen molar-refractivity contribution in [2.24, 2.45) is 5.92 Å². The molecule has 0 amide bonds. The molecule has 5 nitrogen and oxygen atoms in total. The summed E-state index contributed by atoms with van der Waals surface area (Å²) in [7, 11) is 0. The van der Waals surface area contributed by atoms with Crippen LogP contribution in [0.1, 0.15) is 13.8 Å². The quantitative estimate of drug-likeness (QED) is 0.910. The molecule has 1 heterocycles. The molecule has 0 aromatic carbocycles. The number of nitriles is 1. The Bertz CT molecular complexity index is 451. The van der Waals surface area contributed by atoms with Gasteiger partial charge in [0.15, 0.2) is 0 Å². The Labute approximate surface area is 102 Å². The van der Waals surface area contributed by atoms with Gasteiger partial charge in [0.2, 0.25) is 0 Å². The maximum Gasteiger partial charge on any atom is 0.267 e. The second-order valence-corrected chi connectivity index (χ2v) is 4.23. The maximum absolute atomic E-state index is 11.4. The Morgan fingerprint density at radius 2 is 2.44 bits per heavy atom. The third kappa shape index (κ3) is 2.83. The summed E-state index contributed by atoms with van der Waals surface area (Å²) in [4.78, 5) is 19.9. The van der Waals surface area contributed by atoms with Gasteiger partial charge in [-0.3, -0.25) is 4.79 Å². The third-order valence-corrected chi connectivity index (χ3v) is 2.89. The number of aromatic nitrogens is 2. The average molecular weight is 285 g/mol. The number of rotatable bonds is 4. The van der Waals surface area contributed by atoms with E-state index in [9.17, 15) is 4.79 Å². The predicted octanol–water partition coefficient (Wildman–Crippen LogP) is 1.52. The molecule has 0 aliphatic carbocycles. The van der Waals surface area contributed by atoms with Crippen molar-refractivity contribution in [1.82, 2.24) is 9.97 Å². The molecule has 0 radical (unpaired) electrons. The van der Waals surface area contributed by atoms with E-state index in [1.54, 1.807) is 0 Å². The van der Waals surface area contributed by atoms with Crippen molar-refractivity contribution in [3.8, 4) is 6.07 Å². The van der Waals surface area contributed by atoms with Crippen molar-refractivity contribution in [2.75, 3.05) is 18.0 Å². The Hall–Kier alpha value is -1.35. The standard InChI is InChI=1S/C10H13BrN4O/c1-3-15(5-7(2)4-12)9-8(11)10(16)14-6-13-9/h6-7H,3,5H2,1-2H3,(H,13,14,16). The lowest BCUT2D eigenvalue weighted by molar-refractivity contribution is 0.676. The highest BCUT2D eigenvalue weighted by Gasteiger charge is 2.14. The SMILES string of the molecule is CCN(CC(C)C#N)c1nc[nH]c(=O)c1Br. The van der Waals surface area contributed by atoms with Gasteiger partial charge in [-0.25, -0.2) is 4.98 Å². The molecule has 6 heteroatoms. The molecule has 0 saturated carbocycles. The van der Waals surface area contributed by atoms with Gasteiger partial charge in [-0.1, -0.05) is 0 Å². The van der Waals surface area contributed by atoms with Crippen LogP contribution in [0.5, 0.6) is 0 Å². The van der Waals surface area contributed by atoms with E-state index in [2.05, 4.69) is 32.0 Å². The second-order valence-electron chi connectivity index (χ2n) is 3.44. The lowest BCUT2D eigenvalue weighted by atomic mass is 10.2. The molecular formula is C10H13BrN4O. The molecule has 16 heavy (non-hydrogen) atoms. The normalized spacial score (nSPS) is 11.9. The monoisotopic (exact) mass is 284 g/mol. The number of hydrogen-bond acceptors (Lipinski definition) is 4. The fourth-order valence-electron chi connectivity index (χ4n) is 1.33. The number of nitrogens with zero attached hydrogens (tertiary/aromatic N) is 3. The molecule has 0 aliphatic rings. The van der Waals surface area contributed by atoms with Gasteiger partial charge in [0.25, 0.3) is 5.56 Å². The molecule has 1 unspecified atom stereocenters. The molecule has 0 fully saturated rings. The van der Waals surface area contributed by atoms with Crippen LogP contribution in [-0.2, 0) is 0 Å². The van der Waals surface area contributed by atoms with Crippen LogP contribution in [0.15, 0.2) is 15.6 Å². The molecule has 1 atom stereocenters. The molecule has 1 rings (SSSR count). The number of H-pyrrole nitrogens is 1. The molecule has 0 saturated heterocycles. The van der Waals surface area contributed by atoms with Gasteiger partial charge in [-0.05, 0) is 29.8 Å². The third-order valence-electron chi connectivity index (χ3n) is 2.17. The zero-order valence-corrected chi connectivity index (χ0v) is 10.8. The fraction of sp³-hybridized carbons (Fsp3) is 0.500. The number of aromatic amines is 1. The van der Waals surface area contributed by atoms with Crippen LogP contribution in [-0.4, -0.2) is 23.1 Å². The van der Waals surface area contributed by atoms with Crippen LogP contribution in [0.4, 0.5) is 5.82 Å². The summed E-state index contributed by atoms with van der Waals surface area (Å²) in [5.41, 5.74) is -0.215. The minimum Gasteiger partial charge on any atom is -0.354 e. The van der Waals surface area contributed by atoms with E-state index in [-0.39, 0.29) is 11.5 Å². The Kier molecular flexibility index (Phi) is 4.50. The number of hydrogen-bond donors (Lipinski definition) is 1. The van der Waals surface area contributed by atoms with Gasteiger partial charge >= 0.3 is 0 Å². The van der Waals surface area contributed by atoms with E-state index in [1.807, 2.05) is 18.7 Å². The van der Waals surface area contributed by atoms with Crippen molar-refractivity contribution < 1.29 is 0 Å². The summed E-state index contributed by atoms with van der Waals surface area (Å²) in [5, 5.41) is 8.77. The van der Waals surface area contributed by atoms with Gasteiger partial charge in [-0.2, -0.15) is 5.26 Å². The molecule has 0 aliphatic heterocycles. The minimum absolute atomic E-state index is 0.104. The minimum atomic E-state index is -0.215. The summed E-state index contributed by atoms with van der Waals surface area (Å²) >= 11 is 3.20. The highest BCUT2D eigenvalue weighted by Crippen LogP contribution is 2.19. The van der Waals surface area contributed by atoms with Gasteiger partial charge in [-0.15, -0.1) is 0 Å². The van der Waals surface area contributed by atoms with E-state index in [1.165, 1.54) is 6.33 Å². The Balaban J connectivity index is 3.01. The van der Waals surface area contributed by atoms with Crippen molar-refractivity contribution >= 4 is 21.7 Å². The van der Waals surface area contributed by atoms with E-state index < -0.39 is 0 Å². The van der Waals surface area contributed by atoms with Crippen LogP contribution >= 0.6 is 15.9 Å². The van der Waals surface area contributed by atoms with Crippen LogP contribution in [0, 0.1) is 17.2 Å². The van der Waals surface area contributed by atoms with Gasteiger partial charge in [0.1, 0.15) is 10.3 Å². The molecular weight excluding hydrogens is 272 g/mol. The van der Waals surface area contributed by atoms with E-state index >= 15 is 0 Å². The summed E-state index contributed by atoms with van der Waals surface area (Å²) < 4.78 is 0.405. The molecule has 1 aromatic heterocycles. The summed E-state index contributed by atoms with van der Waals surface area (Å²) in [6.07, 6.45) is 1.36. The van der Waals surface area contributed by atoms with E-state index in [0.29, 0.717) is 23.4 Å². The number of nitrogens with one attached hydrogen (secondary N) is 1. The molecule has 86 valence electrons. The first-order valence-corrected chi connectivity index (χ1v) is 5.77. The first-order valence-electron chi connectivity index (χ1n) is 4.97. The number of anilines is 1. The summed E-state index contributed by atoms with van der Waals surface area (Å²) in [6, 6.07) is 2.16. The Morgan fingerprint density at radius 1 is 1.75 bits per heavy atom. The lowest BCUT2D eigenvalue weighted by Gasteiger charge is -2.23. The van der Waals surface area contributed by atoms with E-state index in [4.69, 9.17) is 5.26 Å². The largest absolute Gasteiger partial charge is 0.354 e. The molecule has 0 bridgehead atoms. The zero-order valence-electron chi connectivity index (χ0n) is 9.20. The maximum atomic E-state index is 11.4. The van der Waals surface area contributed by atoms with Crippen LogP contribution in [0.3, 0.4) is 0 Å².